The highest BCUT2D eigenvalue weighted by Gasteiger charge is 2.27. The van der Waals surface area contributed by atoms with Crippen molar-refractivity contribution in [1.29, 1.82) is 0 Å². The monoisotopic (exact) mass is 319 g/mol. The van der Waals surface area contributed by atoms with Crippen LogP contribution in [0.1, 0.15) is 45.2 Å². The topological polar surface area (TPSA) is 67.6 Å². The van der Waals surface area contributed by atoms with E-state index in [0.717, 1.165) is 24.9 Å². The number of hydrogen-bond donors (Lipinski definition) is 2. The molecule has 1 amide bonds. The van der Waals surface area contributed by atoms with Gasteiger partial charge in [0.2, 0.25) is 0 Å². The Labute approximate surface area is 139 Å². The van der Waals surface area contributed by atoms with Crippen LogP contribution in [-0.2, 0) is 4.74 Å². The SMILES string of the molecule is CC(C)(C)OC(=O)N1CCC[C@@H](NC[C@H](N)c2ccccc2)C1. The summed E-state index contributed by atoms with van der Waals surface area (Å²) in [7, 11) is 0. The molecule has 0 radical (unpaired) electrons. The lowest BCUT2D eigenvalue weighted by Crippen LogP contribution is -2.50. The molecular weight excluding hydrogens is 290 g/mol. The van der Waals surface area contributed by atoms with Crippen LogP contribution < -0.4 is 11.1 Å². The van der Waals surface area contributed by atoms with Crippen LogP contribution in [0, 0.1) is 0 Å². The third-order valence-electron chi connectivity index (χ3n) is 3.93. The van der Waals surface area contributed by atoms with Gasteiger partial charge in [-0.3, -0.25) is 0 Å². The molecule has 2 atom stereocenters. The Morgan fingerprint density at radius 3 is 2.74 bits per heavy atom. The molecule has 23 heavy (non-hydrogen) atoms. The predicted octanol–water partition coefficient (Wildman–Crippen LogP) is 2.68. The lowest BCUT2D eigenvalue weighted by atomic mass is 10.0. The summed E-state index contributed by atoms with van der Waals surface area (Å²) in [5.41, 5.74) is 6.90. The maximum atomic E-state index is 12.2. The van der Waals surface area contributed by atoms with Crippen LogP contribution in [0.15, 0.2) is 30.3 Å². The number of nitrogens with one attached hydrogen (secondary N) is 1. The molecule has 0 unspecified atom stereocenters. The second kappa shape index (κ2) is 7.79. The summed E-state index contributed by atoms with van der Waals surface area (Å²) in [6, 6.07) is 10.3. The summed E-state index contributed by atoms with van der Waals surface area (Å²) < 4.78 is 5.45. The van der Waals surface area contributed by atoms with Gasteiger partial charge in [0.05, 0.1) is 0 Å². The summed E-state index contributed by atoms with van der Waals surface area (Å²) in [6.45, 7) is 7.82. The van der Waals surface area contributed by atoms with Crippen LogP contribution >= 0.6 is 0 Å². The van der Waals surface area contributed by atoms with Crippen molar-refractivity contribution in [2.75, 3.05) is 19.6 Å². The minimum atomic E-state index is -0.451. The first-order valence-corrected chi connectivity index (χ1v) is 8.37. The van der Waals surface area contributed by atoms with E-state index in [4.69, 9.17) is 10.5 Å². The van der Waals surface area contributed by atoms with Gasteiger partial charge in [-0.15, -0.1) is 0 Å². The van der Waals surface area contributed by atoms with Crippen molar-refractivity contribution in [3.8, 4) is 0 Å². The van der Waals surface area contributed by atoms with Gasteiger partial charge in [0.15, 0.2) is 0 Å². The molecule has 5 nitrogen and oxygen atoms in total. The Bertz CT molecular complexity index is 499. The van der Waals surface area contributed by atoms with E-state index in [9.17, 15) is 4.79 Å². The molecule has 2 rings (SSSR count). The van der Waals surface area contributed by atoms with E-state index in [1.54, 1.807) is 4.90 Å². The number of likely N-dealkylation sites (tertiary alicyclic amines) is 1. The second-order valence-electron chi connectivity index (χ2n) is 7.19. The molecule has 1 aliphatic heterocycles. The molecule has 1 aliphatic rings. The third kappa shape index (κ3) is 5.84. The average Bonchev–Trinajstić information content (AvgIpc) is 2.52. The predicted molar refractivity (Wildman–Crippen MR) is 92.2 cm³/mol. The van der Waals surface area contributed by atoms with E-state index in [1.165, 1.54) is 0 Å². The molecular formula is C18H29N3O2. The molecule has 0 spiro atoms. The zero-order valence-electron chi connectivity index (χ0n) is 14.4. The van der Waals surface area contributed by atoms with Crippen LogP contribution in [0.25, 0.3) is 0 Å². The van der Waals surface area contributed by atoms with Crippen molar-refractivity contribution in [2.24, 2.45) is 5.73 Å². The molecule has 3 N–H and O–H groups in total. The van der Waals surface area contributed by atoms with Crippen LogP contribution in [0.4, 0.5) is 4.79 Å². The van der Waals surface area contributed by atoms with Gasteiger partial charge in [-0.1, -0.05) is 30.3 Å². The number of benzene rings is 1. The maximum absolute atomic E-state index is 12.2. The van der Waals surface area contributed by atoms with Gasteiger partial charge in [-0.25, -0.2) is 4.79 Å². The molecule has 1 saturated heterocycles. The van der Waals surface area contributed by atoms with Crippen LogP contribution in [0.3, 0.4) is 0 Å². The molecule has 1 aromatic carbocycles. The van der Waals surface area contributed by atoms with Crippen molar-refractivity contribution in [1.82, 2.24) is 10.2 Å². The fourth-order valence-electron chi connectivity index (χ4n) is 2.75. The Morgan fingerprint density at radius 2 is 2.09 bits per heavy atom. The number of piperidine rings is 1. The van der Waals surface area contributed by atoms with E-state index in [1.807, 2.05) is 51.1 Å². The average molecular weight is 319 g/mol. The number of ether oxygens (including phenoxy) is 1. The number of nitrogens with zero attached hydrogens (tertiary/aromatic N) is 1. The van der Waals surface area contributed by atoms with Gasteiger partial charge in [-0.05, 0) is 39.2 Å². The second-order valence-corrected chi connectivity index (χ2v) is 7.19. The minimum absolute atomic E-state index is 0.0342. The molecule has 1 aromatic rings. The first-order valence-electron chi connectivity index (χ1n) is 8.37. The Balaban J connectivity index is 1.81. The fraction of sp³-hybridized carbons (Fsp3) is 0.611. The van der Waals surface area contributed by atoms with Gasteiger partial charge in [0.1, 0.15) is 5.60 Å². The highest BCUT2D eigenvalue weighted by atomic mass is 16.6. The van der Waals surface area contributed by atoms with Crippen molar-refractivity contribution in [3.05, 3.63) is 35.9 Å². The molecule has 0 bridgehead atoms. The van der Waals surface area contributed by atoms with Crippen LogP contribution in [0.2, 0.25) is 0 Å². The molecule has 1 heterocycles. The molecule has 0 aliphatic carbocycles. The summed E-state index contributed by atoms with van der Waals surface area (Å²) >= 11 is 0. The zero-order chi connectivity index (χ0) is 16.9. The van der Waals surface area contributed by atoms with Crippen LogP contribution in [-0.4, -0.2) is 42.3 Å². The largest absolute Gasteiger partial charge is 0.444 e. The smallest absolute Gasteiger partial charge is 0.410 e. The molecule has 5 heteroatoms. The number of rotatable bonds is 4. The molecule has 0 saturated carbocycles. The van der Waals surface area contributed by atoms with E-state index in [-0.39, 0.29) is 18.2 Å². The van der Waals surface area contributed by atoms with Gasteiger partial charge < -0.3 is 20.7 Å². The Kier molecular flexibility index (Phi) is 6.02. The number of amides is 1. The number of hydrogen-bond acceptors (Lipinski definition) is 4. The molecule has 1 fully saturated rings. The first kappa shape index (κ1) is 17.8. The molecule has 0 aromatic heterocycles. The summed E-state index contributed by atoms with van der Waals surface area (Å²) in [5, 5.41) is 3.49. The summed E-state index contributed by atoms with van der Waals surface area (Å²) in [6.07, 6.45) is 1.81. The minimum Gasteiger partial charge on any atom is -0.444 e. The van der Waals surface area contributed by atoms with Crippen molar-refractivity contribution in [2.45, 2.75) is 51.3 Å². The number of carbonyl (C=O) groups excluding carboxylic acids is 1. The number of carbonyl (C=O) groups is 1. The van der Waals surface area contributed by atoms with Crippen LogP contribution in [0.5, 0.6) is 0 Å². The van der Waals surface area contributed by atoms with Gasteiger partial charge in [0, 0.05) is 31.7 Å². The van der Waals surface area contributed by atoms with E-state index >= 15 is 0 Å². The summed E-state index contributed by atoms with van der Waals surface area (Å²) in [5.74, 6) is 0. The standard InChI is InChI=1S/C18H29N3O2/c1-18(2,3)23-17(22)21-11-7-10-15(13-21)20-12-16(19)14-8-5-4-6-9-14/h4-6,8-9,15-16,20H,7,10-13,19H2,1-3H3/t15-,16+/m1/s1. The fourth-order valence-corrected chi connectivity index (χ4v) is 2.75. The van der Waals surface area contributed by atoms with Crippen molar-refractivity contribution < 1.29 is 9.53 Å². The van der Waals surface area contributed by atoms with E-state index in [2.05, 4.69) is 5.32 Å². The zero-order valence-corrected chi connectivity index (χ0v) is 14.4. The molecule has 128 valence electrons. The highest BCUT2D eigenvalue weighted by molar-refractivity contribution is 5.68. The van der Waals surface area contributed by atoms with Gasteiger partial charge >= 0.3 is 6.09 Å². The highest BCUT2D eigenvalue weighted by Crippen LogP contribution is 2.16. The summed E-state index contributed by atoms with van der Waals surface area (Å²) in [4.78, 5) is 14.0. The third-order valence-corrected chi connectivity index (χ3v) is 3.93. The Hall–Kier alpha value is -1.59. The Morgan fingerprint density at radius 1 is 1.39 bits per heavy atom. The normalized spacial score (nSPS) is 20.2. The lowest BCUT2D eigenvalue weighted by molar-refractivity contribution is 0.0187. The van der Waals surface area contributed by atoms with Crippen molar-refractivity contribution in [3.63, 3.8) is 0 Å². The van der Waals surface area contributed by atoms with E-state index < -0.39 is 5.60 Å². The first-order chi connectivity index (χ1) is 10.8. The van der Waals surface area contributed by atoms with Gasteiger partial charge in [-0.2, -0.15) is 0 Å². The van der Waals surface area contributed by atoms with Gasteiger partial charge in [0.25, 0.3) is 0 Å². The van der Waals surface area contributed by atoms with Crippen molar-refractivity contribution >= 4 is 6.09 Å². The lowest BCUT2D eigenvalue weighted by Gasteiger charge is -2.35. The van der Waals surface area contributed by atoms with E-state index in [0.29, 0.717) is 13.1 Å². The number of nitrogens with two attached hydrogens (primary N) is 1. The quantitative estimate of drug-likeness (QED) is 0.895. The maximum Gasteiger partial charge on any atom is 0.410 e.